The van der Waals surface area contributed by atoms with Gasteiger partial charge in [0.2, 0.25) is 5.91 Å². The van der Waals surface area contributed by atoms with E-state index in [1.807, 2.05) is 24.3 Å². The fraction of sp³-hybridized carbons (Fsp3) is 0.444. The van der Waals surface area contributed by atoms with Crippen LogP contribution in [0, 0.1) is 11.3 Å². The number of carboxylic acids is 1. The molecule has 0 aromatic heterocycles. The van der Waals surface area contributed by atoms with Gasteiger partial charge in [0, 0.05) is 37.5 Å². The van der Waals surface area contributed by atoms with Crippen LogP contribution in [0.5, 0.6) is 0 Å². The molecule has 8 nitrogen and oxygen atoms in total. The summed E-state index contributed by atoms with van der Waals surface area (Å²) in [5.74, 6) is -1.50. The summed E-state index contributed by atoms with van der Waals surface area (Å²) in [7, 11) is 0. The SMILES string of the molecule is CC(C)(CNC(=O)CC1COCCC1NC(=O)OCC1c2ccccc2-c2ccccc21)C(=O)O. The van der Waals surface area contributed by atoms with Crippen molar-refractivity contribution in [1.29, 1.82) is 0 Å². The maximum Gasteiger partial charge on any atom is 0.407 e. The van der Waals surface area contributed by atoms with Crippen LogP contribution in [-0.4, -0.2) is 55.5 Å². The zero-order valence-electron chi connectivity index (χ0n) is 20.1. The predicted octanol–water partition coefficient (Wildman–Crippen LogP) is 3.55. The van der Waals surface area contributed by atoms with Crippen molar-refractivity contribution in [3.63, 3.8) is 0 Å². The summed E-state index contributed by atoms with van der Waals surface area (Å²) < 4.78 is 11.2. The number of hydrogen-bond acceptors (Lipinski definition) is 5. The molecular formula is C27H32N2O6. The lowest BCUT2D eigenvalue weighted by Crippen LogP contribution is -2.48. The number of rotatable bonds is 8. The standard InChI is InChI=1S/C27H32N2O6/c1-27(2,25(31)32)16-28-24(30)13-17-14-34-12-11-23(17)29-26(33)35-15-22-20-9-5-3-7-18(20)19-8-4-6-10-21(19)22/h3-10,17,22-23H,11-16H2,1-2H3,(H,28,30)(H,29,33)(H,31,32). The molecule has 1 heterocycles. The lowest BCUT2D eigenvalue weighted by molar-refractivity contribution is -0.146. The first-order valence-corrected chi connectivity index (χ1v) is 12.0. The molecule has 1 fully saturated rings. The van der Waals surface area contributed by atoms with Crippen LogP contribution in [0.1, 0.15) is 43.7 Å². The highest BCUT2D eigenvalue weighted by atomic mass is 16.5. The van der Waals surface area contributed by atoms with Crippen LogP contribution in [0.2, 0.25) is 0 Å². The number of amides is 2. The van der Waals surface area contributed by atoms with Crippen LogP contribution in [0.25, 0.3) is 11.1 Å². The molecule has 0 bridgehead atoms. The summed E-state index contributed by atoms with van der Waals surface area (Å²) in [4.78, 5) is 36.4. The van der Waals surface area contributed by atoms with Crippen molar-refractivity contribution in [2.45, 2.75) is 38.6 Å². The monoisotopic (exact) mass is 480 g/mol. The number of aliphatic carboxylic acids is 1. The highest BCUT2D eigenvalue weighted by Crippen LogP contribution is 2.44. The Morgan fingerprint density at radius 2 is 1.69 bits per heavy atom. The first-order valence-electron chi connectivity index (χ1n) is 12.0. The van der Waals surface area contributed by atoms with Gasteiger partial charge in [-0.15, -0.1) is 0 Å². The van der Waals surface area contributed by atoms with Crippen molar-refractivity contribution >= 4 is 18.0 Å². The number of fused-ring (bicyclic) bond motifs is 3. The molecular weight excluding hydrogens is 448 g/mol. The third-order valence-electron chi connectivity index (χ3n) is 6.88. The quantitative estimate of drug-likeness (QED) is 0.533. The molecule has 0 radical (unpaired) electrons. The number of hydrogen-bond donors (Lipinski definition) is 3. The Hall–Kier alpha value is -3.39. The average molecular weight is 481 g/mol. The number of carbonyl (C=O) groups is 3. The van der Waals surface area contributed by atoms with Crippen LogP contribution in [0.15, 0.2) is 48.5 Å². The van der Waals surface area contributed by atoms with Gasteiger partial charge in [0.1, 0.15) is 6.61 Å². The second-order valence-corrected chi connectivity index (χ2v) is 9.87. The molecule has 0 saturated carbocycles. The maximum absolute atomic E-state index is 12.7. The van der Waals surface area contributed by atoms with Gasteiger partial charge >= 0.3 is 12.1 Å². The van der Waals surface area contributed by atoms with Gasteiger partial charge in [0.25, 0.3) is 0 Å². The Morgan fingerprint density at radius 3 is 2.31 bits per heavy atom. The molecule has 4 rings (SSSR count). The summed E-state index contributed by atoms with van der Waals surface area (Å²) >= 11 is 0. The largest absolute Gasteiger partial charge is 0.481 e. The zero-order valence-corrected chi connectivity index (χ0v) is 20.1. The van der Waals surface area contributed by atoms with Gasteiger partial charge in [-0.25, -0.2) is 4.79 Å². The van der Waals surface area contributed by atoms with Crippen molar-refractivity contribution in [2.75, 3.05) is 26.4 Å². The summed E-state index contributed by atoms with van der Waals surface area (Å²) in [6, 6.07) is 16.1. The van der Waals surface area contributed by atoms with Crippen molar-refractivity contribution < 1.29 is 29.0 Å². The predicted molar refractivity (Wildman–Crippen MR) is 130 cm³/mol. The number of carbonyl (C=O) groups excluding carboxylic acids is 2. The van der Waals surface area contributed by atoms with Gasteiger partial charge in [-0.3, -0.25) is 9.59 Å². The van der Waals surface area contributed by atoms with Crippen LogP contribution in [0.3, 0.4) is 0 Å². The Bertz CT molecular complexity index is 1050. The smallest absolute Gasteiger partial charge is 0.407 e. The van der Waals surface area contributed by atoms with Crippen molar-refractivity contribution in [3.8, 4) is 11.1 Å². The molecule has 1 saturated heterocycles. The van der Waals surface area contributed by atoms with E-state index >= 15 is 0 Å². The topological polar surface area (TPSA) is 114 Å². The summed E-state index contributed by atoms with van der Waals surface area (Å²) in [6.45, 7) is 4.18. The van der Waals surface area contributed by atoms with Crippen molar-refractivity contribution in [3.05, 3.63) is 59.7 Å². The minimum atomic E-state index is -1.06. The van der Waals surface area contributed by atoms with E-state index < -0.39 is 17.5 Å². The van der Waals surface area contributed by atoms with Crippen molar-refractivity contribution in [1.82, 2.24) is 10.6 Å². The Morgan fingerprint density at radius 1 is 1.06 bits per heavy atom. The molecule has 2 atom stereocenters. The lowest BCUT2D eigenvalue weighted by Gasteiger charge is -2.32. The molecule has 2 unspecified atom stereocenters. The van der Waals surface area contributed by atoms with Gasteiger partial charge in [-0.2, -0.15) is 0 Å². The minimum absolute atomic E-state index is 0.0259. The normalized spacial score (nSPS) is 19.4. The van der Waals surface area contributed by atoms with E-state index in [4.69, 9.17) is 9.47 Å². The fourth-order valence-electron chi connectivity index (χ4n) is 4.68. The maximum atomic E-state index is 12.7. The van der Waals surface area contributed by atoms with Gasteiger partial charge < -0.3 is 25.2 Å². The number of alkyl carbamates (subject to hydrolysis) is 1. The van der Waals surface area contributed by atoms with Crippen molar-refractivity contribution in [2.24, 2.45) is 11.3 Å². The lowest BCUT2D eigenvalue weighted by atomic mass is 9.91. The molecule has 35 heavy (non-hydrogen) atoms. The van der Waals surface area contributed by atoms with E-state index in [1.54, 1.807) is 13.8 Å². The van der Waals surface area contributed by atoms with Crippen LogP contribution < -0.4 is 10.6 Å². The van der Waals surface area contributed by atoms with Gasteiger partial charge in [0.05, 0.1) is 12.0 Å². The molecule has 2 aliphatic rings. The van der Waals surface area contributed by atoms with Crippen LogP contribution >= 0.6 is 0 Å². The molecule has 0 spiro atoms. The second kappa shape index (κ2) is 10.5. The third-order valence-corrected chi connectivity index (χ3v) is 6.88. The minimum Gasteiger partial charge on any atom is -0.481 e. The second-order valence-electron chi connectivity index (χ2n) is 9.87. The number of ether oxygens (including phenoxy) is 2. The first-order chi connectivity index (χ1) is 16.8. The Kier molecular flexibility index (Phi) is 7.40. The zero-order chi connectivity index (χ0) is 25.0. The van der Waals surface area contributed by atoms with Crippen LogP contribution in [-0.2, 0) is 19.1 Å². The molecule has 186 valence electrons. The molecule has 1 aliphatic heterocycles. The first kappa shape index (κ1) is 24.7. The highest BCUT2D eigenvalue weighted by molar-refractivity contribution is 5.80. The Labute approximate surface area is 205 Å². The van der Waals surface area contributed by atoms with Gasteiger partial charge in [-0.1, -0.05) is 48.5 Å². The number of carboxylic acid groups (broad SMARTS) is 1. The summed E-state index contributed by atoms with van der Waals surface area (Å²) in [6.07, 6.45) is 0.184. The molecule has 1 aliphatic carbocycles. The fourth-order valence-corrected chi connectivity index (χ4v) is 4.68. The van der Waals surface area contributed by atoms with E-state index in [0.29, 0.717) is 19.6 Å². The summed E-state index contributed by atoms with van der Waals surface area (Å²) in [5.41, 5.74) is 3.56. The molecule has 3 N–H and O–H groups in total. The molecule has 2 aromatic carbocycles. The van der Waals surface area contributed by atoms with E-state index in [2.05, 4.69) is 34.9 Å². The van der Waals surface area contributed by atoms with E-state index in [1.165, 1.54) is 11.1 Å². The van der Waals surface area contributed by atoms with E-state index in [-0.39, 0.29) is 43.4 Å². The Balaban J connectivity index is 1.32. The highest BCUT2D eigenvalue weighted by Gasteiger charge is 2.33. The van der Waals surface area contributed by atoms with E-state index in [9.17, 15) is 19.5 Å². The molecule has 8 heteroatoms. The summed E-state index contributed by atoms with van der Waals surface area (Å²) in [5, 5.41) is 14.8. The molecule has 2 amide bonds. The van der Waals surface area contributed by atoms with Crippen LogP contribution in [0.4, 0.5) is 4.79 Å². The van der Waals surface area contributed by atoms with Gasteiger partial charge in [-0.05, 0) is 42.5 Å². The number of benzene rings is 2. The van der Waals surface area contributed by atoms with E-state index in [0.717, 1.165) is 11.1 Å². The molecule has 2 aromatic rings. The third kappa shape index (κ3) is 5.65. The average Bonchev–Trinajstić information content (AvgIpc) is 3.16. The number of nitrogens with one attached hydrogen (secondary N) is 2. The van der Waals surface area contributed by atoms with Gasteiger partial charge in [0.15, 0.2) is 0 Å².